The number of carbonyl (C=O) groups is 2. The molecule has 0 aromatic carbocycles. The molecule has 0 radical (unpaired) electrons. The summed E-state index contributed by atoms with van der Waals surface area (Å²) in [6.07, 6.45) is 4.12. The number of piperidine rings is 1. The van der Waals surface area contributed by atoms with Gasteiger partial charge in [0.25, 0.3) is 0 Å². The number of nitrogens with one attached hydrogen (secondary N) is 1. The van der Waals surface area contributed by atoms with Gasteiger partial charge in [0.05, 0.1) is 6.54 Å². The van der Waals surface area contributed by atoms with Crippen molar-refractivity contribution in [2.24, 2.45) is 4.99 Å². The molecule has 1 fully saturated rings. The number of hydrogen-bond donors (Lipinski definition) is 1. The molecule has 0 saturated carbocycles. The third kappa shape index (κ3) is 3.72. The van der Waals surface area contributed by atoms with Crippen LogP contribution in [0.2, 0.25) is 0 Å². The van der Waals surface area contributed by atoms with Crippen LogP contribution in [0.25, 0.3) is 0 Å². The third-order valence-electron chi connectivity index (χ3n) is 3.41. The Morgan fingerprint density at radius 3 is 3.00 bits per heavy atom. The van der Waals surface area contributed by atoms with Crippen molar-refractivity contribution in [2.45, 2.75) is 45.1 Å². The smallest absolute Gasteiger partial charge is 0.248 e. The SMILES string of the molecule is CCCC(=O)N1CCCCC1C(=O)NC1=NCCS1. The summed E-state index contributed by atoms with van der Waals surface area (Å²) in [6.45, 7) is 3.46. The van der Waals surface area contributed by atoms with Gasteiger partial charge in [-0.05, 0) is 25.7 Å². The Kier molecular flexibility index (Phi) is 5.24. The van der Waals surface area contributed by atoms with Gasteiger partial charge in [0.1, 0.15) is 6.04 Å². The Morgan fingerprint density at radius 1 is 1.47 bits per heavy atom. The molecule has 2 aliphatic rings. The molecule has 0 aromatic heterocycles. The molecule has 106 valence electrons. The van der Waals surface area contributed by atoms with Gasteiger partial charge in [-0.3, -0.25) is 14.6 Å². The molecule has 19 heavy (non-hydrogen) atoms. The fourth-order valence-corrected chi connectivity index (χ4v) is 3.19. The summed E-state index contributed by atoms with van der Waals surface area (Å²) < 4.78 is 0. The molecule has 5 nitrogen and oxygen atoms in total. The molecule has 1 unspecified atom stereocenters. The highest BCUT2D eigenvalue weighted by Crippen LogP contribution is 2.19. The van der Waals surface area contributed by atoms with Crippen molar-refractivity contribution in [1.29, 1.82) is 0 Å². The highest BCUT2D eigenvalue weighted by molar-refractivity contribution is 8.14. The van der Waals surface area contributed by atoms with E-state index in [-0.39, 0.29) is 17.9 Å². The topological polar surface area (TPSA) is 61.8 Å². The maximum Gasteiger partial charge on any atom is 0.248 e. The maximum atomic E-state index is 12.3. The minimum Gasteiger partial charge on any atom is -0.331 e. The normalized spacial score (nSPS) is 23.1. The lowest BCUT2D eigenvalue weighted by Gasteiger charge is -2.34. The van der Waals surface area contributed by atoms with Crippen molar-refractivity contribution < 1.29 is 9.59 Å². The first-order valence-corrected chi connectivity index (χ1v) is 7.98. The average molecular weight is 283 g/mol. The lowest BCUT2D eigenvalue weighted by Crippen LogP contribution is -2.52. The van der Waals surface area contributed by atoms with Crippen LogP contribution < -0.4 is 5.32 Å². The molecule has 2 rings (SSSR count). The van der Waals surface area contributed by atoms with Crippen LogP contribution in [0.4, 0.5) is 0 Å². The molecule has 1 saturated heterocycles. The molecule has 2 amide bonds. The third-order valence-corrected chi connectivity index (χ3v) is 4.30. The van der Waals surface area contributed by atoms with Gasteiger partial charge in [0.2, 0.25) is 11.8 Å². The highest BCUT2D eigenvalue weighted by atomic mass is 32.2. The van der Waals surface area contributed by atoms with Crippen molar-refractivity contribution in [3.8, 4) is 0 Å². The fourth-order valence-electron chi connectivity index (χ4n) is 2.46. The molecule has 0 aromatic rings. The van der Waals surface area contributed by atoms with Crippen molar-refractivity contribution in [3.63, 3.8) is 0 Å². The zero-order valence-electron chi connectivity index (χ0n) is 11.4. The number of hydrogen-bond acceptors (Lipinski definition) is 4. The Hall–Kier alpha value is -1.04. The summed E-state index contributed by atoms with van der Waals surface area (Å²) in [5.41, 5.74) is 0. The molecule has 0 spiro atoms. The standard InChI is InChI=1S/C13H21N3O2S/c1-2-5-11(17)16-8-4-3-6-10(16)12(18)15-13-14-7-9-19-13/h10H,2-9H2,1H3,(H,14,15,18). The molecule has 0 aliphatic carbocycles. The van der Waals surface area contributed by atoms with E-state index in [2.05, 4.69) is 10.3 Å². The lowest BCUT2D eigenvalue weighted by molar-refractivity contribution is -0.141. The number of amides is 2. The van der Waals surface area contributed by atoms with Gasteiger partial charge in [-0.1, -0.05) is 18.7 Å². The summed E-state index contributed by atoms with van der Waals surface area (Å²) in [4.78, 5) is 30.3. The summed E-state index contributed by atoms with van der Waals surface area (Å²) in [7, 11) is 0. The zero-order valence-corrected chi connectivity index (χ0v) is 12.2. The quantitative estimate of drug-likeness (QED) is 0.851. The Morgan fingerprint density at radius 2 is 2.32 bits per heavy atom. The van der Waals surface area contributed by atoms with E-state index in [1.807, 2.05) is 6.92 Å². The maximum absolute atomic E-state index is 12.3. The second-order valence-corrected chi connectivity index (χ2v) is 5.96. The van der Waals surface area contributed by atoms with Crippen LogP contribution in [0, 0.1) is 0 Å². The van der Waals surface area contributed by atoms with Gasteiger partial charge < -0.3 is 10.2 Å². The molecule has 2 heterocycles. The van der Waals surface area contributed by atoms with E-state index in [1.54, 1.807) is 16.7 Å². The van der Waals surface area contributed by atoms with Gasteiger partial charge in [-0.2, -0.15) is 0 Å². The summed E-state index contributed by atoms with van der Waals surface area (Å²) >= 11 is 1.57. The van der Waals surface area contributed by atoms with Crippen LogP contribution in [-0.2, 0) is 9.59 Å². The predicted molar refractivity (Wildman–Crippen MR) is 77.2 cm³/mol. The molecule has 6 heteroatoms. The minimum atomic E-state index is -0.309. The Balaban J connectivity index is 1.97. The van der Waals surface area contributed by atoms with Crippen LogP contribution >= 0.6 is 11.8 Å². The minimum absolute atomic E-state index is 0.0719. The number of carbonyl (C=O) groups excluding carboxylic acids is 2. The monoisotopic (exact) mass is 283 g/mol. The van der Waals surface area contributed by atoms with Gasteiger partial charge in [0, 0.05) is 18.7 Å². The van der Waals surface area contributed by atoms with E-state index in [9.17, 15) is 9.59 Å². The number of aliphatic imine (C=N–C) groups is 1. The van der Waals surface area contributed by atoms with Gasteiger partial charge >= 0.3 is 0 Å². The Labute approximate surface area is 118 Å². The molecular formula is C13H21N3O2S. The second-order valence-electron chi connectivity index (χ2n) is 4.87. The van der Waals surface area contributed by atoms with Crippen LogP contribution in [0.1, 0.15) is 39.0 Å². The van der Waals surface area contributed by atoms with Crippen LogP contribution in [0.3, 0.4) is 0 Å². The van der Waals surface area contributed by atoms with Crippen molar-refractivity contribution in [3.05, 3.63) is 0 Å². The molecule has 1 N–H and O–H groups in total. The van der Waals surface area contributed by atoms with Crippen LogP contribution in [-0.4, -0.2) is 46.8 Å². The molecule has 0 bridgehead atoms. The zero-order chi connectivity index (χ0) is 13.7. The van der Waals surface area contributed by atoms with Gasteiger partial charge in [0.15, 0.2) is 5.17 Å². The number of likely N-dealkylation sites (tertiary alicyclic amines) is 1. The number of thioether (sulfide) groups is 1. The highest BCUT2D eigenvalue weighted by Gasteiger charge is 2.32. The van der Waals surface area contributed by atoms with Crippen LogP contribution in [0.5, 0.6) is 0 Å². The van der Waals surface area contributed by atoms with Crippen molar-refractivity contribution >= 4 is 28.7 Å². The number of amidine groups is 1. The Bertz CT molecular complexity index is 384. The molecule has 1 atom stereocenters. The molecular weight excluding hydrogens is 262 g/mol. The number of rotatable bonds is 3. The van der Waals surface area contributed by atoms with E-state index in [0.717, 1.165) is 38.0 Å². The average Bonchev–Trinajstić information content (AvgIpc) is 2.92. The van der Waals surface area contributed by atoms with Gasteiger partial charge in [-0.15, -0.1) is 0 Å². The van der Waals surface area contributed by atoms with Crippen molar-refractivity contribution in [2.75, 3.05) is 18.8 Å². The largest absolute Gasteiger partial charge is 0.331 e. The van der Waals surface area contributed by atoms with E-state index in [4.69, 9.17) is 0 Å². The van der Waals surface area contributed by atoms with Crippen LogP contribution in [0.15, 0.2) is 4.99 Å². The van der Waals surface area contributed by atoms with E-state index < -0.39 is 0 Å². The van der Waals surface area contributed by atoms with Crippen molar-refractivity contribution in [1.82, 2.24) is 10.2 Å². The lowest BCUT2D eigenvalue weighted by atomic mass is 10.0. The molecule has 2 aliphatic heterocycles. The number of nitrogens with zero attached hydrogens (tertiary/aromatic N) is 2. The van der Waals surface area contributed by atoms with E-state index in [0.29, 0.717) is 18.1 Å². The summed E-state index contributed by atoms with van der Waals surface area (Å²) in [5, 5.41) is 3.56. The van der Waals surface area contributed by atoms with Gasteiger partial charge in [-0.25, -0.2) is 0 Å². The van der Waals surface area contributed by atoms with E-state index in [1.165, 1.54) is 0 Å². The predicted octanol–water partition coefficient (Wildman–Crippen LogP) is 1.39. The summed E-state index contributed by atoms with van der Waals surface area (Å²) in [6, 6.07) is -0.309. The first kappa shape index (κ1) is 14.4. The summed E-state index contributed by atoms with van der Waals surface area (Å²) in [5.74, 6) is 0.958. The second kappa shape index (κ2) is 6.93. The first-order chi connectivity index (χ1) is 9.22. The first-order valence-electron chi connectivity index (χ1n) is 7.00. The fraction of sp³-hybridized carbons (Fsp3) is 0.769. The van der Waals surface area contributed by atoms with E-state index >= 15 is 0 Å².